The minimum absolute atomic E-state index is 0.421. The van der Waals surface area contributed by atoms with Crippen LogP contribution in [0.2, 0.25) is 0 Å². The maximum absolute atomic E-state index is 10.6. The number of benzene rings is 1. The van der Waals surface area contributed by atoms with Crippen LogP contribution in [0.5, 0.6) is 0 Å². The van der Waals surface area contributed by atoms with E-state index in [9.17, 15) is 4.79 Å². The minimum Gasteiger partial charge on any atom is -0.366 e. The number of rotatable bonds is 3. The second-order valence-corrected chi connectivity index (χ2v) is 4.92. The third kappa shape index (κ3) is 3.04. The Balaban J connectivity index is 2.27. The number of hydrogen-bond acceptors (Lipinski definition) is 2. The molecule has 3 heteroatoms. The fourth-order valence-electron chi connectivity index (χ4n) is 1.56. The highest BCUT2D eigenvalue weighted by atomic mass is 32.1. The number of amides is 1. The lowest BCUT2D eigenvalue weighted by atomic mass is 10.1. The Kier molecular flexibility index (Phi) is 3.40. The molecule has 0 saturated heterocycles. The number of carbonyl (C=O) groups excluding carboxylic acids is 1. The van der Waals surface area contributed by atoms with E-state index >= 15 is 0 Å². The van der Waals surface area contributed by atoms with Crippen molar-refractivity contribution >= 4 is 23.3 Å². The van der Waals surface area contributed by atoms with Gasteiger partial charge in [0.05, 0.1) is 0 Å². The summed E-state index contributed by atoms with van der Waals surface area (Å²) >= 11 is 1.64. The quantitative estimate of drug-likeness (QED) is 0.826. The van der Waals surface area contributed by atoms with E-state index in [1.165, 1.54) is 22.1 Å². The van der Waals surface area contributed by atoms with E-state index in [1.54, 1.807) is 17.4 Å². The molecule has 0 saturated carbocycles. The number of hydrogen-bond donors (Lipinski definition) is 1. The summed E-state index contributed by atoms with van der Waals surface area (Å²) in [7, 11) is 0. The highest BCUT2D eigenvalue weighted by Gasteiger charge is 2.01. The van der Waals surface area contributed by atoms with Crippen LogP contribution in [-0.4, -0.2) is 5.91 Å². The molecule has 0 bridgehead atoms. The van der Waals surface area contributed by atoms with Crippen LogP contribution in [-0.2, 0) is 4.79 Å². The Morgan fingerprint density at radius 2 is 2.12 bits per heavy atom. The van der Waals surface area contributed by atoms with Gasteiger partial charge in [-0.3, -0.25) is 4.79 Å². The van der Waals surface area contributed by atoms with Gasteiger partial charge in [-0.15, -0.1) is 11.3 Å². The van der Waals surface area contributed by atoms with E-state index < -0.39 is 5.91 Å². The van der Waals surface area contributed by atoms with Gasteiger partial charge in [0.25, 0.3) is 0 Å². The topological polar surface area (TPSA) is 43.1 Å². The number of aryl methyl sites for hydroxylation is 1. The number of nitrogens with two attached hydrogens (primary N) is 1. The predicted octanol–water partition coefficient (Wildman–Crippen LogP) is 3.22. The van der Waals surface area contributed by atoms with Gasteiger partial charge in [0, 0.05) is 15.8 Å². The Bertz CT molecular complexity index is 569. The average molecular weight is 243 g/mol. The first-order valence-corrected chi connectivity index (χ1v) is 6.11. The maximum Gasteiger partial charge on any atom is 0.241 e. The molecule has 1 amide bonds. The number of primary amides is 1. The molecular weight excluding hydrogens is 230 g/mol. The van der Waals surface area contributed by atoms with Crippen LogP contribution >= 0.6 is 11.3 Å². The summed E-state index contributed by atoms with van der Waals surface area (Å²) < 4.78 is 0. The van der Waals surface area contributed by atoms with E-state index in [1.807, 2.05) is 12.1 Å². The zero-order valence-electron chi connectivity index (χ0n) is 9.51. The first-order valence-electron chi connectivity index (χ1n) is 5.29. The average Bonchev–Trinajstić information content (AvgIpc) is 2.75. The number of thiophene rings is 1. The Hall–Kier alpha value is -1.87. The molecule has 0 radical (unpaired) electrons. The Morgan fingerprint density at radius 1 is 1.29 bits per heavy atom. The fourth-order valence-corrected chi connectivity index (χ4v) is 2.47. The van der Waals surface area contributed by atoms with Crippen LogP contribution in [0.1, 0.15) is 10.4 Å². The lowest BCUT2D eigenvalue weighted by Crippen LogP contribution is -2.04. The highest BCUT2D eigenvalue weighted by molar-refractivity contribution is 7.16. The van der Waals surface area contributed by atoms with Gasteiger partial charge in [-0.1, -0.05) is 29.8 Å². The van der Waals surface area contributed by atoms with E-state index in [2.05, 4.69) is 31.2 Å². The van der Waals surface area contributed by atoms with Crippen molar-refractivity contribution in [1.29, 1.82) is 0 Å². The Labute approximate surface area is 104 Å². The van der Waals surface area contributed by atoms with E-state index in [0.717, 1.165) is 4.88 Å². The summed E-state index contributed by atoms with van der Waals surface area (Å²) in [5.41, 5.74) is 7.50. The molecule has 0 spiro atoms. The van der Waals surface area contributed by atoms with E-state index in [0.29, 0.717) is 0 Å². The van der Waals surface area contributed by atoms with Gasteiger partial charge in [-0.05, 0) is 30.7 Å². The van der Waals surface area contributed by atoms with Crippen molar-refractivity contribution in [2.24, 2.45) is 5.73 Å². The second-order valence-electron chi connectivity index (χ2n) is 3.81. The van der Waals surface area contributed by atoms with Crippen LogP contribution in [0.25, 0.3) is 16.5 Å². The van der Waals surface area contributed by atoms with Crippen molar-refractivity contribution in [2.45, 2.75) is 6.92 Å². The second kappa shape index (κ2) is 4.97. The largest absolute Gasteiger partial charge is 0.366 e. The molecule has 1 aromatic carbocycles. The molecule has 0 aliphatic rings. The van der Waals surface area contributed by atoms with Gasteiger partial charge >= 0.3 is 0 Å². The van der Waals surface area contributed by atoms with Gasteiger partial charge in [0.2, 0.25) is 5.91 Å². The molecule has 0 fully saturated rings. The summed E-state index contributed by atoms with van der Waals surface area (Å²) in [6, 6.07) is 12.4. The van der Waals surface area contributed by atoms with Gasteiger partial charge in [0.15, 0.2) is 0 Å². The van der Waals surface area contributed by atoms with Crippen molar-refractivity contribution in [2.75, 3.05) is 0 Å². The van der Waals surface area contributed by atoms with E-state index in [-0.39, 0.29) is 0 Å². The minimum atomic E-state index is -0.421. The third-order valence-electron chi connectivity index (χ3n) is 2.34. The summed E-state index contributed by atoms with van der Waals surface area (Å²) in [5.74, 6) is -0.421. The number of carbonyl (C=O) groups is 1. The van der Waals surface area contributed by atoms with Crippen molar-refractivity contribution in [3.05, 3.63) is 52.9 Å². The van der Waals surface area contributed by atoms with Crippen molar-refractivity contribution in [1.82, 2.24) is 0 Å². The first-order chi connectivity index (χ1) is 8.15. The molecule has 2 rings (SSSR count). The maximum atomic E-state index is 10.6. The first kappa shape index (κ1) is 11.6. The third-order valence-corrected chi connectivity index (χ3v) is 3.44. The predicted molar refractivity (Wildman–Crippen MR) is 72.7 cm³/mol. The monoisotopic (exact) mass is 243 g/mol. The standard InChI is InChI=1S/C14H13NOS/c1-10-3-2-4-11(9-10)13-7-5-12(17-13)6-8-14(15)16/h2-9H,1H3,(H2,15,16)/b8-6+. The van der Waals surface area contributed by atoms with Gasteiger partial charge < -0.3 is 5.73 Å². The molecule has 1 aromatic heterocycles. The van der Waals surface area contributed by atoms with Crippen molar-refractivity contribution in [3.8, 4) is 10.4 Å². The fraction of sp³-hybridized carbons (Fsp3) is 0.0714. The van der Waals surface area contributed by atoms with Gasteiger partial charge in [-0.2, -0.15) is 0 Å². The SMILES string of the molecule is Cc1cccc(-c2ccc(/C=C/C(N)=O)s2)c1. The molecule has 2 N–H and O–H groups in total. The summed E-state index contributed by atoms with van der Waals surface area (Å²) in [5, 5.41) is 0. The molecule has 0 aliphatic heterocycles. The van der Waals surface area contributed by atoms with Crippen LogP contribution in [0.3, 0.4) is 0 Å². The molecule has 0 aliphatic carbocycles. The van der Waals surface area contributed by atoms with Crippen molar-refractivity contribution in [3.63, 3.8) is 0 Å². The molecule has 17 heavy (non-hydrogen) atoms. The molecule has 2 nitrogen and oxygen atoms in total. The van der Waals surface area contributed by atoms with Crippen LogP contribution in [0.15, 0.2) is 42.5 Å². The molecule has 0 atom stereocenters. The molecular formula is C14H13NOS. The highest BCUT2D eigenvalue weighted by Crippen LogP contribution is 2.29. The normalized spacial score (nSPS) is 10.9. The smallest absolute Gasteiger partial charge is 0.241 e. The molecule has 1 heterocycles. The van der Waals surface area contributed by atoms with Gasteiger partial charge in [-0.25, -0.2) is 0 Å². The van der Waals surface area contributed by atoms with Crippen LogP contribution < -0.4 is 5.73 Å². The zero-order chi connectivity index (χ0) is 12.3. The molecule has 86 valence electrons. The molecule has 0 unspecified atom stereocenters. The zero-order valence-corrected chi connectivity index (χ0v) is 10.3. The molecule has 2 aromatic rings. The van der Waals surface area contributed by atoms with Gasteiger partial charge in [0.1, 0.15) is 0 Å². The Morgan fingerprint density at radius 3 is 2.82 bits per heavy atom. The van der Waals surface area contributed by atoms with E-state index in [4.69, 9.17) is 5.73 Å². The van der Waals surface area contributed by atoms with Crippen LogP contribution in [0.4, 0.5) is 0 Å². The summed E-state index contributed by atoms with van der Waals surface area (Å²) in [6.07, 6.45) is 3.12. The van der Waals surface area contributed by atoms with Crippen LogP contribution in [0, 0.1) is 6.92 Å². The van der Waals surface area contributed by atoms with Crippen molar-refractivity contribution < 1.29 is 4.79 Å². The summed E-state index contributed by atoms with van der Waals surface area (Å²) in [6.45, 7) is 2.07. The summed E-state index contributed by atoms with van der Waals surface area (Å²) in [4.78, 5) is 12.9. The lowest BCUT2D eigenvalue weighted by molar-refractivity contribution is -0.113. The lowest BCUT2D eigenvalue weighted by Gasteiger charge is -1.98.